The fourth-order valence-corrected chi connectivity index (χ4v) is 16.5. The Balaban J connectivity index is 2.56. The third-order valence-electron chi connectivity index (χ3n) is 11.6. The molecule has 18 N–H and O–H groups in total. The molecule has 0 fully saturated rings. The van der Waals surface area contributed by atoms with E-state index in [2.05, 4.69) is 31.9 Å². The van der Waals surface area contributed by atoms with Crippen molar-refractivity contribution in [3.05, 3.63) is 102 Å². The summed E-state index contributed by atoms with van der Waals surface area (Å²) in [5, 5.41) is 134. The summed E-state index contributed by atoms with van der Waals surface area (Å²) in [5.74, 6) is -6.89. The molecule has 4 aromatic rings. The van der Waals surface area contributed by atoms with Gasteiger partial charge in [-0.3, -0.25) is 28.8 Å². The summed E-state index contributed by atoms with van der Waals surface area (Å²) in [4.78, 5) is 134. The van der Waals surface area contributed by atoms with Gasteiger partial charge in [-0.1, -0.05) is 0 Å². The first-order valence-corrected chi connectivity index (χ1v) is 30.8. The van der Waals surface area contributed by atoms with Crippen molar-refractivity contribution in [2.45, 2.75) is 36.3 Å². The smallest absolute Gasteiger partial charge is 0.345 e. The predicted octanol–water partition coefficient (Wildman–Crippen LogP) is -5.13. The Morgan fingerprint density at radius 2 is 0.524 bits per heavy atom. The minimum atomic E-state index is -1.71. The van der Waals surface area contributed by atoms with Gasteiger partial charge in [0.2, 0.25) is 0 Å². The van der Waals surface area contributed by atoms with Crippen LogP contribution in [0.1, 0.15) is 62.1 Å². The van der Waals surface area contributed by atoms with Crippen LogP contribution in [0.5, 0.6) is 0 Å². The molecule has 82 heavy (non-hydrogen) atoms. The number of nitrogens with one attached hydrogen (secondary N) is 6. The Kier molecular flexibility index (Phi) is 29.0. The number of halogens is 7. The van der Waals surface area contributed by atoms with Gasteiger partial charge in [-0.25, -0.2) is 28.1 Å². The van der Waals surface area contributed by atoms with Gasteiger partial charge in [0.25, 0.3) is 35.4 Å². The molecule has 0 radical (unpaired) electrons. The fraction of sp³-hybridized carbons (Fsp3) is 0.400. The SMILES string of the molecule is O=C(NC(CO)CO)c1cc(-n2c(=O)n(-c3cc(C(=O)NC(CO)CO)c(I)c(C(=O)NC(CO)CO)c3I)c(=O)n(-c3c(I)c(C(=O)NC(CO)CO)c(I)c(C(=O)NC(CO)CO)c3I)c2=O)c(I)c(C(=O)NC(CO)CO)c1I. The topological polar surface area (TPSA) is 483 Å². The Hall–Kier alpha value is -2.48. The Morgan fingerprint density at radius 3 is 0.756 bits per heavy atom. The highest BCUT2D eigenvalue weighted by Crippen LogP contribution is 2.36. The van der Waals surface area contributed by atoms with Gasteiger partial charge in [0.05, 0.1) is 180 Å². The van der Waals surface area contributed by atoms with Crippen LogP contribution in [0.25, 0.3) is 17.1 Å². The van der Waals surface area contributed by atoms with E-state index < -0.39 is 218 Å². The van der Waals surface area contributed by atoms with E-state index in [1.165, 1.54) is 90.4 Å². The summed E-state index contributed by atoms with van der Waals surface area (Å²) < 4.78 is -1.51. The molecule has 1 heterocycles. The minimum absolute atomic E-state index is 0.227. The van der Waals surface area contributed by atoms with E-state index in [4.69, 9.17) is 0 Å². The quantitative estimate of drug-likeness (QED) is 0.0248. The van der Waals surface area contributed by atoms with Crippen LogP contribution in [-0.4, -0.2) is 226 Å². The number of aromatic nitrogens is 3. The van der Waals surface area contributed by atoms with E-state index in [9.17, 15) is 90.0 Å². The number of carbonyl (C=O) groups excluding carboxylic acids is 6. The van der Waals surface area contributed by atoms with Crippen LogP contribution >= 0.6 is 158 Å². The lowest BCUT2D eigenvalue weighted by atomic mass is 10.1. The second-order valence-electron chi connectivity index (χ2n) is 17.0. The molecule has 0 aliphatic heterocycles. The first-order valence-electron chi connectivity index (χ1n) is 23.3. The Bertz CT molecular complexity index is 3070. The molecule has 0 aliphatic carbocycles. The number of aliphatic hydroxyl groups is 12. The van der Waals surface area contributed by atoms with Gasteiger partial charge in [-0.2, -0.15) is 0 Å². The van der Waals surface area contributed by atoms with E-state index in [0.717, 1.165) is 12.1 Å². The highest BCUT2D eigenvalue weighted by Gasteiger charge is 2.36. The molecule has 6 amide bonds. The van der Waals surface area contributed by atoms with Crippen molar-refractivity contribution < 1.29 is 90.0 Å². The van der Waals surface area contributed by atoms with Crippen molar-refractivity contribution in [3.8, 4) is 17.1 Å². The second kappa shape index (κ2) is 33.0. The van der Waals surface area contributed by atoms with Gasteiger partial charge in [0.15, 0.2) is 0 Å². The third-order valence-corrected chi connectivity index (χ3v) is 19.2. The number of hydrogen-bond acceptors (Lipinski definition) is 21. The fourth-order valence-electron chi connectivity index (χ4n) is 7.15. The van der Waals surface area contributed by atoms with Gasteiger partial charge in [-0.15, -0.1) is 0 Å². The van der Waals surface area contributed by atoms with Crippen LogP contribution in [0.15, 0.2) is 26.5 Å². The van der Waals surface area contributed by atoms with Crippen molar-refractivity contribution >= 4 is 194 Å². The van der Waals surface area contributed by atoms with Crippen molar-refractivity contribution in [1.29, 1.82) is 0 Å². The normalized spacial score (nSPS) is 11.6. The molecule has 0 aliphatic rings. The summed E-state index contributed by atoms with van der Waals surface area (Å²) in [5.41, 5.74) is -10.5. The Labute approximate surface area is 557 Å². The number of rotatable bonds is 27. The molecule has 0 atom stereocenters. The number of hydrogen-bond donors (Lipinski definition) is 18. The molecule has 0 saturated carbocycles. The lowest BCUT2D eigenvalue weighted by Gasteiger charge is -2.24. The maximum absolute atomic E-state index is 15.9. The van der Waals surface area contributed by atoms with Gasteiger partial charge < -0.3 is 93.2 Å². The van der Waals surface area contributed by atoms with E-state index in [-0.39, 0.29) is 38.7 Å². The lowest BCUT2D eigenvalue weighted by molar-refractivity contribution is 0.0864. The Morgan fingerprint density at radius 1 is 0.317 bits per heavy atom. The number of benzene rings is 3. The summed E-state index contributed by atoms with van der Waals surface area (Å²) in [7, 11) is 0. The molecule has 3 aromatic carbocycles. The zero-order valence-electron chi connectivity index (χ0n) is 41.6. The van der Waals surface area contributed by atoms with Crippen molar-refractivity contribution in [3.63, 3.8) is 0 Å². The van der Waals surface area contributed by atoms with Crippen LogP contribution in [0.2, 0.25) is 0 Å². The van der Waals surface area contributed by atoms with Gasteiger partial charge in [0.1, 0.15) is 0 Å². The molecule has 450 valence electrons. The van der Waals surface area contributed by atoms with Crippen LogP contribution in [0, 0.1) is 25.0 Å². The number of nitrogens with zero attached hydrogens (tertiary/aromatic N) is 3. The highest BCUT2D eigenvalue weighted by atomic mass is 127. The monoisotopic (exact) mass is 1940 g/mol. The van der Waals surface area contributed by atoms with Crippen molar-refractivity contribution in [2.24, 2.45) is 0 Å². The molecule has 4 rings (SSSR count). The zero-order chi connectivity index (χ0) is 61.8. The summed E-state index contributed by atoms with van der Waals surface area (Å²) in [6, 6.07) is -6.37. The first kappa shape index (κ1) is 72.0. The van der Waals surface area contributed by atoms with Crippen molar-refractivity contribution in [2.75, 3.05) is 79.3 Å². The summed E-state index contributed by atoms with van der Waals surface area (Å²) in [6.07, 6.45) is 0. The second-order valence-corrected chi connectivity index (χ2v) is 24.6. The molecule has 0 unspecified atom stereocenters. The van der Waals surface area contributed by atoms with Crippen LogP contribution in [0.4, 0.5) is 0 Å². The third kappa shape index (κ3) is 15.8. The summed E-state index contributed by atoms with van der Waals surface area (Å²) in [6.45, 7) is -10.0. The standard InChI is InChI=1S/C45H50I7N9O21/c46-29-21(37(74)53-15(3-62)4-63)1-23(31(48)25(29)39(76)55-17(7-66)8-67)59-43(80)60(24-2-22(38(75)54-16(5-64)6-65)30(47)26(32(24)49)40(77)56-18(9-68)10-69)45(82)61(44(59)81)36-34(51)27(41(78)57-19(11-70)12-71)33(50)28(35(36)52)42(79)58-20(13-72)14-73/h1-2,15-20,62-73H,3-14H2,(H,53,74)(H,54,75)(H,55,76)(H,56,77)(H,57,78)(H,58,79). The molecule has 0 bridgehead atoms. The molecular weight excluding hydrogens is 1890 g/mol. The highest BCUT2D eigenvalue weighted by molar-refractivity contribution is 14.1. The molecule has 0 spiro atoms. The summed E-state index contributed by atoms with van der Waals surface area (Å²) >= 11 is 10.8. The van der Waals surface area contributed by atoms with Gasteiger partial charge in [0, 0.05) is 10.7 Å². The van der Waals surface area contributed by atoms with E-state index >= 15 is 14.4 Å². The average Bonchev–Trinajstić information content (AvgIpc) is 2.16. The van der Waals surface area contributed by atoms with Gasteiger partial charge >= 0.3 is 17.1 Å². The minimum Gasteiger partial charge on any atom is -0.394 e. The van der Waals surface area contributed by atoms with Crippen LogP contribution in [0.3, 0.4) is 0 Å². The lowest BCUT2D eigenvalue weighted by Crippen LogP contribution is -2.54. The van der Waals surface area contributed by atoms with Gasteiger partial charge in [-0.05, 0) is 170 Å². The zero-order valence-corrected chi connectivity index (χ0v) is 56.7. The van der Waals surface area contributed by atoms with E-state index in [0.29, 0.717) is 0 Å². The number of amides is 6. The molecule has 0 saturated heterocycles. The molecule has 37 heteroatoms. The predicted molar refractivity (Wildman–Crippen MR) is 345 cm³/mol. The maximum Gasteiger partial charge on any atom is 0.345 e. The largest absolute Gasteiger partial charge is 0.394 e. The molecule has 1 aromatic heterocycles. The van der Waals surface area contributed by atoms with E-state index in [1.54, 1.807) is 67.8 Å². The van der Waals surface area contributed by atoms with Crippen LogP contribution < -0.4 is 49.0 Å². The van der Waals surface area contributed by atoms with Crippen molar-refractivity contribution in [1.82, 2.24) is 45.6 Å². The molecule has 30 nitrogen and oxygen atoms in total. The number of carbonyl (C=O) groups is 6. The van der Waals surface area contributed by atoms with E-state index in [1.807, 2.05) is 0 Å². The number of aliphatic hydroxyl groups excluding tert-OH is 12. The first-order chi connectivity index (χ1) is 38.8. The molecular formula is C45H50I7N9O21. The van der Waals surface area contributed by atoms with Crippen LogP contribution in [-0.2, 0) is 0 Å². The maximum atomic E-state index is 15.9. The average molecular weight is 1940 g/mol.